The van der Waals surface area contributed by atoms with Crippen molar-refractivity contribution in [2.45, 2.75) is 24.2 Å². The first-order chi connectivity index (χ1) is 11.9. The van der Waals surface area contributed by atoms with E-state index in [-0.39, 0.29) is 10.8 Å². The van der Waals surface area contributed by atoms with Gasteiger partial charge in [-0.05, 0) is 48.6 Å². The lowest BCUT2D eigenvalue weighted by molar-refractivity contribution is -0.116. The van der Waals surface area contributed by atoms with E-state index in [2.05, 4.69) is 10.4 Å². The smallest absolute Gasteiger partial charge is 0.261 e. The van der Waals surface area contributed by atoms with Crippen molar-refractivity contribution in [2.75, 3.05) is 12.5 Å². The molecule has 144 valence electrons. The molecule has 26 heavy (non-hydrogen) atoms. The normalized spacial score (nSPS) is 14.5. The zero-order valence-corrected chi connectivity index (χ0v) is 16.0. The molecule has 11 heteroatoms. The van der Waals surface area contributed by atoms with E-state index < -0.39 is 20.0 Å². The molecule has 0 aliphatic heterocycles. The van der Waals surface area contributed by atoms with Crippen LogP contribution in [0.5, 0.6) is 0 Å². The van der Waals surface area contributed by atoms with E-state index in [4.69, 9.17) is 10.4 Å². The summed E-state index contributed by atoms with van der Waals surface area (Å²) in [4.78, 5) is 12.2. The Hall–Kier alpha value is -2.24. The predicted octanol–water partition coefficient (Wildman–Crippen LogP) is 0.332. The van der Waals surface area contributed by atoms with Crippen molar-refractivity contribution in [3.8, 4) is 0 Å². The molecule has 0 saturated heterocycles. The van der Waals surface area contributed by atoms with Crippen molar-refractivity contribution in [3.63, 3.8) is 0 Å². The average Bonchev–Trinajstić information content (AvgIpc) is 2.71. The number of amides is 1. The van der Waals surface area contributed by atoms with Gasteiger partial charge >= 0.3 is 0 Å². The van der Waals surface area contributed by atoms with Crippen LogP contribution in [-0.2, 0) is 31.2 Å². The summed E-state index contributed by atoms with van der Waals surface area (Å²) in [6.45, 7) is 0. The first-order valence-electron chi connectivity index (χ1n) is 7.40. The molecule has 0 radical (unpaired) electrons. The SMILES string of the molecule is CS(=O)(=O)O.CS(=O)(=O)c1ccc2c(c1)C=C(C(=O)NC=NN)CCC2. The second-order valence-electron chi connectivity index (χ2n) is 5.64. The molecule has 0 fully saturated rings. The number of rotatable bonds is 3. The third-order valence-electron chi connectivity index (χ3n) is 3.33. The molecule has 0 aromatic heterocycles. The lowest BCUT2D eigenvalue weighted by atomic mass is 10.0. The summed E-state index contributed by atoms with van der Waals surface area (Å²) in [6, 6.07) is 5.03. The number of hydrazone groups is 1. The Bertz CT molecular complexity index is 926. The number of nitrogens with one attached hydrogen (secondary N) is 1. The number of carbonyl (C=O) groups excluding carboxylic acids is 1. The fraction of sp³-hybridized carbons (Fsp3) is 0.333. The number of nitrogens with two attached hydrogens (primary N) is 1. The monoisotopic (exact) mass is 403 g/mol. The third kappa shape index (κ3) is 7.76. The molecular formula is C15H21N3O6S2. The second kappa shape index (κ2) is 8.92. The Morgan fingerprint density at radius 2 is 1.85 bits per heavy atom. The van der Waals surface area contributed by atoms with E-state index in [1.807, 2.05) is 6.07 Å². The van der Waals surface area contributed by atoms with Crippen LogP contribution in [-0.4, -0.2) is 46.1 Å². The van der Waals surface area contributed by atoms with Gasteiger partial charge in [-0.15, -0.1) is 0 Å². The molecule has 0 saturated carbocycles. The number of benzene rings is 1. The van der Waals surface area contributed by atoms with E-state index in [0.717, 1.165) is 30.3 Å². The van der Waals surface area contributed by atoms with Crippen LogP contribution in [0.2, 0.25) is 0 Å². The number of aryl methyl sites for hydroxylation is 1. The van der Waals surface area contributed by atoms with Gasteiger partial charge in [-0.2, -0.15) is 13.5 Å². The van der Waals surface area contributed by atoms with Crippen molar-refractivity contribution >= 4 is 38.3 Å². The van der Waals surface area contributed by atoms with Gasteiger partial charge in [0.2, 0.25) is 0 Å². The standard InChI is InChI=1S/C14H17N3O3S.CH4O3S/c1-21(19,20)13-6-5-10-3-2-4-11(7-12(10)8-13)14(18)16-9-17-15;1-5(2,3)4/h5-9H,2-4,15H2,1H3,(H,16,17,18);1H3,(H,2,3,4). The molecule has 1 aliphatic carbocycles. The topological polar surface area (TPSA) is 156 Å². The van der Waals surface area contributed by atoms with Gasteiger partial charge < -0.3 is 11.2 Å². The zero-order chi connectivity index (χ0) is 20.0. The quantitative estimate of drug-likeness (QED) is 0.216. The molecule has 0 atom stereocenters. The highest BCUT2D eigenvalue weighted by atomic mass is 32.2. The van der Waals surface area contributed by atoms with E-state index in [1.54, 1.807) is 18.2 Å². The molecule has 2 rings (SSSR count). The molecule has 9 nitrogen and oxygen atoms in total. The summed E-state index contributed by atoms with van der Waals surface area (Å²) in [5.41, 5.74) is 2.39. The maximum absolute atomic E-state index is 12.0. The number of nitrogens with zero attached hydrogens (tertiary/aromatic N) is 1. The Kier molecular flexibility index (Phi) is 7.48. The van der Waals surface area contributed by atoms with Gasteiger partial charge in [-0.3, -0.25) is 9.35 Å². The number of hydrogen-bond acceptors (Lipinski definition) is 7. The van der Waals surface area contributed by atoms with Gasteiger partial charge in [0.15, 0.2) is 9.84 Å². The van der Waals surface area contributed by atoms with Gasteiger partial charge in [-0.1, -0.05) is 6.07 Å². The van der Waals surface area contributed by atoms with Crippen molar-refractivity contribution in [1.29, 1.82) is 0 Å². The van der Waals surface area contributed by atoms with Crippen molar-refractivity contribution in [2.24, 2.45) is 10.9 Å². The summed E-state index contributed by atoms with van der Waals surface area (Å²) in [5, 5.41) is 5.68. The van der Waals surface area contributed by atoms with Crippen molar-refractivity contribution < 1.29 is 26.2 Å². The lowest BCUT2D eigenvalue weighted by Gasteiger charge is -2.06. The van der Waals surface area contributed by atoms with Crippen LogP contribution in [0.4, 0.5) is 0 Å². The maximum Gasteiger partial charge on any atom is 0.261 e. The van der Waals surface area contributed by atoms with E-state index in [1.165, 1.54) is 6.26 Å². The van der Waals surface area contributed by atoms with Gasteiger partial charge in [0.05, 0.1) is 11.2 Å². The Balaban J connectivity index is 0.000000597. The van der Waals surface area contributed by atoms with Crippen LogP contribution >= 0.6 is 0 Å². The number of fused-ring (bicyclic) bond motifs is 1. The van der Waals surface area contributed by atoms with Crippen molar-refractivity contribution in [1.82, 2.24) is 5.32 Å². The van der Waals surface area contributed by atoms with E-state index >= 15 is 0 Å². The molecule has 0 bridgehead atoms. The summed E-state index contributed by atoms with van der Waals surface area (Å²) < 4.78 is 49.1. The number of carbonyl (C=O) groups is 1. The summed E-state index contributed by atoms with van der Waals surface area (Å²) in [6.07, 6.45) is 6.99. The number of sulfone groups is 1. The second-order valence-corrected chi connectivity index (χ2v) is 9.12. The van der Waals surface area contributed by atoms with Gasteiger partial charge in [0.1, 0.15) is 6.34 Å². The van der Waals surface area contributed by atoms with Gasteiger partial charge in [-0.25, -0.2) is 8.42 Å². The molecule has 1 aromatic carbocycles. The van der Waals surface area contributed by atoms with E-state index in [9.17, 15) is 21.6 Å². The molecule has 4 N–H and O–H groups in total. The minimum absolute atomic E-state index is 0.252. The van der Waals surface area contributed by atoms with Crippen LogP contribution < -0.4 is 11.2 Å². The van der Waals surface area contributed by atoms with Crippen LogP contribution in [0.1, 0.15) is 24.0 Å². The Morgan fingerprint density at radius 1 is 1.23 bits per heavy atom. The van der Waals surface area contributed by atoms with Crippen LogP contribution in [0.25, 0.3) is 6.08 Å². The zero-order valence-electron chi connectivity index (χ0n) is 14.3. The predicted molar refractivity (Wildman–Crippen MR) is 98.8 cm³/mol. The molecular weight excluding hydrogens is 382 g/mol. The van der Waals surface area contributed by atoms with E-state index in [0.29, 0.717) is 18.2 Å². The molecule has 0 spiro atoms. The Morgan fingerprint density at radius 3 is 2.38 bits per heavy atom. The molecule has 0 unspecified atom stereocenters. The maximum atomic E-state index is 12.0. The third-order valence-corrected chi connectivity index (χ3v) is 4.44. The fourth-order valence-electron chi connectivity index (χ4n) is 2.26. The molecule has 0 heterocycles. The highest BCUT2D eigenvalue weighted by molar-refractivity contribution is 7.90. The Labute approximate surface area is 152 Å². The minimum atomic E-state index is -3.67. The molecule has 1 amide bonds. The van der Waals surface area contributed by atoms with Crippen molar-refractivity contribution in [3.05, 3.63) is 34.9 Å². The average molecular weight is 403 g/mol. The molecule has 1 aromatic rings. The van der Waals surface area contributed by atoms with Gasteiger partial charge in [0, 0.05) is 11.8 Å². The first kappa shape index (κ1) is 21.8. The van der Waals surface area contributed by atoms with Crippen LogP contribution in [0, 0.1) is 0 Å². The molecule has 1 aliphatic rings. The minimum Gasteiger partial charge on any atom is -0.322 e. The van der Waals surface area contributed by atoms with Crippen LogP contribution in [0.15, 0.2) is 33.8 Å². The highest BCUT2D eigenvalue weighted by Gasteiger charge is 2.16. The summed E-state index contributed by atoms with van der Waals surface area (Å²) in [7, 11) is -6.93. The number of hydrogen-bond donors (Lipinski definition) is 3. The lowest BCUT2D eigenvalue weighted by Crippen LogP contribution is -2.23. The fourth-order valence-corrected chi connectivity index (χ4v) is 2.92. The first-order valence-corrected chi connectivity index (χ1v) is 11.1. The summed E-state index contributed by atoms with van der Waals surface area (Å²) in [5.74, 6) is 4.67. The highest BCUT2D eigenvalue weighted by Crippen LogP contribution is 2.25. The summed E-state index contributed by atoms with van der Waals surface area (Å²) >= 11 is 0. The largest absolute Gasteiger partial charge is 0.322 e. The van der Waals surface area contributed by atoms with Gasteiger partial charge in [0.25, 0.3) is 16.0 Å². The van der Waals surface area contributed by atoms with Crippen LogP contribution in [0.3, 0.4) is 0 Å².